The van der Waals surface area contributed by atoms with Crippen LogP contribution in [0.2, 0.25) is 0 Å². The second kappa shape index (κ2) is 65.6. The fourth-order valence-corrected chi connectivity index (χ4v) is 9.06. The van der Waals surface area contributed by atoms with E-state index >= 15 is 0 Å². The predicted octanol–water partition coefficient (Wildman–Crippen LogP) is 22.6. The maximum atomic E-state index is 12.9. The van der Waals surface area contributed by atoms with Gasteiger partial charge < -0.3 is 14.2 Å². The van der Waals surface area contributed by atoms with Crippen molar-refractivity contribution in [3.05, 3.63) is 109 Å². The summed E-state index contributed by atoms with van der Waals surface area (Å²) in [6.45, 7) is 6.50. The first-order valence-electron chi connectivity index (χ1n) is 32.9. The highest BCUT2D eigenvalue weighted by Crippen LogP contribution is 2.16. The first-order valence-corrected chi connectivity index (χ1v) is 32.9. The number of rotatable bonds is 59. The van der Waals surface area contributed by atoms with Crippen LogP contribution in [0.5, 0.6) is 0 Å². The Labute approximate surface area is 482 Å². The van der Waals surface area contributed by atoms with Crippen molar-refractivity contribution < 1.29 is 28.6 Å². The largest absolute Gasteiger partial charge is 0.462 e. The number of carbonyl (C=O) groups is 3. The quantitative estimate of drug-likeness (QED) is 0.0261. The molecular formula is C72H122O6. The summed E-state index contributed by atoms with van der Waals surface area (Å²) in [5, 5.41) is 0. The van der Waals surface area contributed by atoms with Gasteiger partial charge in [0.05, 0.1) is 0 Å². The Bertz CT molecular complexity index is 1570. The van der Waals surface area contributed by atoms with Crippen LogP contribution in [0.3, 0.4) is 0 Å². The molecule has 0 fully saturated rings. The van der Waals surface area contributed by atoms with Crippen LogP contribution in [0.4, 0.5) is 0 Å². The molecule has 0 heterocycles. The van der Waals surface area contributed by atoms with Crippen molar-refractivity contribution in [3.63, 3.8) is 0 Å². The Kier molecular flexibility index (Phi) is 62.3. The van der Waals surface area contributed by atoms with Crippen LogP contribution in [0.1, 0.15) is 310 Å². The van der Waals surface area contributed by atoms with Crippen LogP contribution in [0.25, 0.3) is 0 Å². The maximum Gasteiger partial charge on any atom is 0.306 e. The summed E-state index contributed by atoms with van der Waals surface area (Å²) < 4.78 is 16.9. The monoisotopic (exact) mass is 1080 g/mol. The first-order chi connectivity index (χ1) is 38.5. The zero-order valence-electron chi connectivity index (χ0n) is 51.2. The fourth-order valence-electron chi connectivity index (χ4n) is 9.06. The van der Waals surface area contributed by atoms with Gasteiger partial charge in [-0.3, -0.25) is 14.4 Å². The molecule has 0 aromatic carbocycles. The lowest BCUT2D eigenvalue weighted by molar-refractivity contribution is -0.167. The Morgan fingerprint density at radius 3 is 0.795 bits per heavy atom. The van der Waals surface area contributed by atoms with E-state index in [1.165, 1.54) is 154 Å². The van der Waals surface area contributed by atoms with Gasteiger partial charge in [0.2, 0.25) is 0 Å². The minimum Gasteiger partial charge on any atom is -0.462 e. The molecule has 78 heavy (non-hydrogen) atoms. The molecule has 0 amide bonds. The second-order valence-electron chi connectivity index (χ2n) is 21.6. The van der Waals surface area contributed by atoms with Gasteiger partial charge >= 0.3 is 17.9 Å². The number of unbranched alkanes of at least 4 members (excludes halogenated alkanes) is 30. The van der Waals surface area contributed by atoms with E-state index in [2.05, 4.69) is 130 Å². The second-order valence-corrected chi connectivity index (χ2v) is 21.6. The molecule has 0 N–H and O–H groups in total. The van der Waals surface area contributed by atoms with Crippen LogP contribution >= 0.6 is 0 Å². The van der Waals surface area contributed by atoms with Crippen molar-refractivity contribution in [1.29, 1.82) is 0 Å². The van der Waals surface area contributed by atoms with Crippen LogP contribution in [0.15, 0.2) is 109 Å². The van der Waals surface area contributed by atoms with Crippen LogP contribution in [-0.4, -0.2) is 37.2 Å². The highest BCUT2D eigenvalue weighted by molar-refractivity contribution is 5.71. The Hall–Kier alpha value is -3.93. The van der Waals surface area contributed by atoms with Gasteiger partial charge in [0.15, 0.2) is 6.10 Å². The van der Waals surface area contributed by atoms with Crippen molar-refractivity contribution in [1.82, 2.24) is 0 Å². The number of hydrogen-bond donors (Lipinski definition) is 0. The molecule has 1 atom stereocenters. The van der Waals surface area contributed by atoms with Crippen molar-refractivity contribution in [3.8, 4) is 0 Å². The topological polar surface area (TPSA) is 78.9 Å². The third-order valence-electron chi connectivity index (χ3n) is 14.0. The number of carbonyl (C=O) groups excluding carboxylic acids is 3. The van der Waals surface area contributed by atoms with E-state index in [-0.39, 0.29) is 31.1 Å². The Balaban J connectivity index is 4.31. The fraction of sp³-hybridized carbons (Fsp3) is 0.708. The molecule has 0 saturated carbocycles. The number of allylic oxidation sites excluding steroid dienone is 18. The van der Waals surface area contributed by atoms with Crippen molar-refractivity contribution >= 4 is 17.9 Å². The SMILES string of the molecule is CC/C=C\C/C=C\C/C=C\C/C=C\C/C=C\C/C=C\CCCCCCCCCCCCC(=O)OCC(COC(=O)CCCCCCC/C=C\CCCCCC)OC(=O)CCCCCCCCC/C=C\C/C=C\CCCCCC. The van der Waals surface area contributed by atoms with Gasteiger partial charge in [0.25, 0.3) is 0 Å². The summed E-state index contributed by atoms with van der Waals surface area (Å²) in [5.41, 5.74) is 0. The minimum absolute atomic E-state index is 0.0859. The van der Waals surface area contributed by atoms with E-state index in [0.717, 1.165) is 116 Å². The van der Waals surface area contributed by atoms with Crippen LogP contribution < -0.4 is 0 Å². The lowest BCUT2D eigenvalue weighted by Gasteiger charge is -2.18. The van der Waals surface area contributed by atoms with Gasteiger partial charge in [-0.05, 0) is 128 Å². The van der Waals surface area contributed by atoms with Crippen molar-refractivity contribution in [2.24, 2.45) is 0 Å². The predicted molar refractivity (Wildman–Crippen MR) is 339 cm³/mol. The summed E-state index contributed by atoms with van der Waals surface area (Å²) in [5.74, 6) is -0.898. The average molecular weight is 1080 g/mol. The zero-order valence-corrected chi connectivity index (χ0v) is 51.2. The molecule has 0 radical (unpaired) electrons. The van der Waals surface area contributed by atoms with Crippen molar-refractivity contribution in [2.75, 3.05) is 13.2 Å². The molecule has 0 bridgehead atoms. The Morgan fingerprint density at radius 2 is 0.500 bits per heavy atom. The molecule has 0 aliphatic heterocycles. The zero-order chi connectivity index (χ0) is 56.4. The lowest BCUT2D eigenvalue weighted by atomic mass is 10.1. The van der Waals surface area contributed by atoms with Gasteiger partial charge in [-0.25, -0.2) is 0 Å². The standard InChI is InChI=1S/C72H122O6/c1-4-7-10-13-16-19-22-25-27-29-31-32-33-34-35-36-37-38-39-40-41-43-44-47-50-53-56-59-62-65-71(74)77-68-69(67-76-70(73)64-61-58-55-52-49-46-24-21-18-15-12-9-6-3)78-72(75)66-63-60-57-54-51-48-45-42-30-28-26-23-20-17-14-11-8-5-2/h7,10,16,19-21,23-25,27-28,30-32,34-35,37-38,69H,4-6,8-9,11-15,17-18,22,26,29,33,36,39-68H2,1-3H3/b10-7-,19-16-,23-20-,24-21-,27-25-,30-28-,32-31-,35-34-,38-37-. The van der Waals surface area contributed by atoms with Gasteiger partial charge in [0, 0.05) is 19.3 Å². The molecule has 0 aliphatic rings. The van der Waals surface area contributed by atoms with E-state index in [9.17, 15) is 14.4 Å². The molecule has 0 rings (SSSR count). The minimum atomic E-state index is -0.789. The summed E-state index contributed by atoms with van der Waals surface area (Å²) in [4.78, 5) is 38.3. The molecule has 6 nitrogen and oxygen atoms in total. The van der Waals surface area contributed by atoms with E-state index < -0.39 is 6.10 Å². The van der Waals surface area contributed by atoms with Gasteiger partial charge in [-0.15, -0.1) is 0 Å². The summed E-state index contributed by atoms with van der Waals surface area (Å²) >= 11 is 0. The third-order valence-corrected chi connectivity index (χ3v) is 14.0. The third kappa shape index (κ3) is 62.9. The average Bonchev–Trinajstić information content (AvgIpc) is 3.44. The van der Waals surface area contributed by atoms with E-state index in [1.54, 1.807) is 0 Å². The Morgan fingerprint density at radius 1 is 0.269 bits per heavy atom. The van der Waals surface area contributed by atoms with Gasteiger partial charge in [-0.1, -0.05) is 271 Å². The first kappa shape index (κ1) is 74.1. The molecule has 0 aliphatic carbocycles. The van der Waals surface area contributed by atoms with E-state index in [4.69, 9.17) is 14.2 Å². The summed E-state index contributed by atoms with van der Waals surface area (Å²) in [6.07, 6.45) is 89.5. The highest BCUT2D eigenvalue weighted by atomic mass is 16.6. The van der Waals surface area contributed by atoms with Gasteiger partial charge in [-0.2, -0.15) is 0 Å². The smallest absolute Gasteiger partial charge is 0.306 e. The van der Waals surface area contributed by atoms with Crippen LogP contribution in [-0.2, 0) is 28.6 Å². The molecule has 6 heteroatoms. The number of ether oxygens (including phenoxy) is 3. The number of hydrogen-bond acceptors (Lipinski definition) is 6. The molecule has 1 unspecified atom stereocenters. The molecule has 0 aromatic rings. The van der Waals surface area contributed by atoms with E-state index in [1.807, 2.05) is 0 Å². The summed E-state index contributed by atoms with van der Waals surface area (Å²) in [7, 11) is 0. The van der Waals surface area contributed by atoms with Crippen molar-refractivity contribution in [2.45, 2.75) is 316 Å². The molecular weight excluding hydrogens is 961 g/mol. The molecule has 0 spiro atoms. The van der Waals surface area contributed by atoms with Crippen LogP contribution in [0, 0.1) is 0 Å². The molecule has 0 aromatic heterocycles. The van der Waals surface area contributed by atoms with E-state index in [0.29, 0.717) is 19.3 Å². The maximum absolute atomic E-state index is 12.9. The molecule has 446 valence electrons. The summed E-state index contributed by atoms with van der Waals surface area (Å²) in [6, 6.07) is 0. The highest BCUT2D eigenvalue weighted by Gasteiger charge is 2.19. The number of esters is 3. The molecule has 0 saturated heterocycles. The van der Waals surface area contributed by atoms with Gasteiger partial charge in [0.1, 0.15) is 13.2 Å². The normalized spacial score (nSPS) is 12.8. The lowest BCUT2D eigenvalue weighted by Crippen LogP contribution is -2.30.